The molecule has 0 spiro atoms. The highest BCUT2D eigenvalue weighted by Crippen LogP contribution is 2.25. The van der Waals surface area contributed by atoms with Gasteiger partial charge in [0.25, 0.3) is 0 Å². The van der Waals surface area contributed by atoms with Crippen molar-refractivity contribution in [2.24, 2.45) is 7.05 Å². The number of carbonyl (C=O) groups is 1. The molecule has 0 radical (unpaired) electrons. The third-order valence-corrected chi connectivity index (χ3v) is 5.67. The fourth-order valence-electron chi connectivity index (χ4n) is 3.90. The molecule has 1 aliphatic heterocycles. The Morgan fingerprint density at radius 2 is 1.70 bits per heavy atom. The molecular weight excluding hydrogens is 418 g/mol. The normalized spacial score (nSPS) is 14.3. The van der Waals surface area contributed by atoms with E-state index in [0.29, 0.717) is 19.0 Å². The zero-order valence-corrected chi connectivity index (χ0v) is 18.4. The Balaban J connectivity index is 1.26. The van der Waals surface area contributed by atoms with Crippen LogP contribution in [0.15, 0.2) is 61.4 Å². The minimum Gasteiger partial charge on any atom is -0.381 e. The van der Waals surface area contributed by atoms with E-state index in [9.17, 15) is 4.79 Å². The van der Waals surface area contributed by atoms with Gasteiger partial charge in [0.15, 0.2) is 5.82 Å². The van der Waals surface area contributed by atoms with Crippen molar-refractivity contribution in [3.05, 3.63) is 61.4 Å². The van der Waals surface area contributed by atoms with E-state index in [1.165, 1.54) is 0 Å². The van der Waals surface area contributed by atoms with Gasteiger partial charge < -0.3 is 10.1 Å². The molecule has 5 rings (SSSR count). The second-order valence-corrected chi connectivity index (χ2v) is 8.16. The van der Waals surface area contributed by atoms with E-state index < -0.39 is 0 Å². The molecule has 0 atom stereocenters. The SMILES string of the molecule is Cn1cc(-c2cccc(-c3ncc(-c4cnn(CC(=O)NC5CCOCC5)c4)cn3)c2)cn1. The molecule has 3 aromatic heterocycles. The van der Waals surface area contributed by atoms with E-state index in [1.54, 1.807) is 28.0 Å². The van der Waals surface area contributed by atoms with Gasteiger partial charge in [0.05, 0.1) is 12.4 Å². The first-order valence-electron chi connectivity index (χ1n) is 11.0. The van der Waals surface area contributed by atoms with Crippen molar-refractivity contribution in [1.29, 1.82) is 0 Å². The first-order chi connectivity index (χ1) is 16.1. The summed E-state index contributed by atoms with van der Waals surface area (Å²) >= 11 is 0. The van der Waals surface area contributed by atoms with Crippen LogP contribution in [0.1, 0.15) is 12.8 Å². The summed E-state index contributed by atoms with van der Waals surface area (Å²) in [6.45, 7) is 1.57. The number of rotatable bonds is 6. The number of hydrogen-bond acceptors (Lipinski definition) is 6. The molecule has 168 valence electrons. The van der Waals surface area contributed by atoms with Gasteiger partial charge in [-0.25, -0.2) is 9.97 Å². The minimum atomic E-state index is -0.0448. The van der Waals surface area contributed by atoms with Gasteiger partial charge in [-0.15, -0.1) is 0 Å². The topological polar surface area (TPSA) is 99.8 Å². The van der Waals surface area contributed by atoms with Crippen LogP contribution in [0.4, 0.5) is 0 Å². The zero-order valence-electron chi connectivity index (χ0n) is 18.4. The second kappa shape index (κ2) is 9.33. The van der Waals surface area contributed by atoms with Crippen LogP contribution in [0, 0.1) is 0 Å². The summed E-state index contributed by atoms with van der Waals surface area (Å²) < 4.78 is 8.75. The number of hydrogen-bond donors (Lipinski definition) is 1. The molecule has 0 unspecified atom stereocenters. The lowest BCUT2D eigenvalue weighted by Crippen LogP contribution is -2.40. The maximum Gasteiger partial charge on any atom is 0.241 e. The predicted molar refractivity (Wildman–Crippen MR) is 123 cm³/mol. The van der Waals surface area contributed by atoms with Gasteiger partial charge in [-0.1, -0.05) is 18.2 Å². The van der Waals surface area contributed by atoms with Gasteiger partial charge in [-0.2, -0.15) is 10.2 Å². The van der Waals surface area contributed by atoms with E-state index in [-0.39, 0.29) is 18.5 Å². The van der Waals surface area contributed by atoms with Crippen LogP contribution < -0.4 is 5.32 Å². The Hall–Kier alpha value is -3.85. The molecule has 1 fully saturated rings. The standard InChI is InChI=1S/C24H25N7O2/c1-30-14-20(12-27-30)17-3-2-4-18(9-17)24-25-10-19(11-26-24)21-13-28-31(15-21)16-23(32)29-22-5-7-33-8-6-22/h2-4,9-15,22H,5-8,16H2,1H3,(H,29,32). The van der Waals surface area contributed by atoms with E-state index in [4.69, 9.17) is 4.74 Å². The highest BCUT2D eigenvalue weighted by atomic mass is 16.5. The van der Waals surface area contributed by atoms with Crippen molar-refractivity contribution in [3.8, 4) is 33.6 Å². The molecule has 9 heteroatoms. The fraction of sp³-hybridized carbons (Fsp3) is 0.292. The van der Waals surface area contributed by atoms with Crippen molar-refractivity contribution in [2.75, 3.05) is 13.2 Å². The molecule has 0 saturated carbocycles. The Morgan fingerprint density at radius 3 is 2.45 bits per heavy atom. The lowest BCUT2D eigenvalue weighted by atomic mass is 10.1. The van der Waals surface area contributed by atoms with Crippen molar-refractivity contribution < 1.29 is 9.53 Å². The molecular formula is C24H25N7O2. The molecule has 1 N–H and O–H groups in total. The number of benzene rings is 1. The van der Waals surface area contributed by atoms with Crippen LogP contribution in [0.5, 0.6) is 0 Å². The first kappa shape index (κ1) is 21.0. The number of amides is 1. The van der Waals surface area contributed by atoms with Gasteiger partial charge in [0.2, 0.25) is 5.91 Å². The lowest BCUT2D eigenvalue weighted by molar-refractivity contribution is -0.123. The van der Waals surface area contributed by atoms with Gasteiger partial charge in [0, 0.05) is 73.3 Å². The van der Waals surface area contributed by atoms with E-state index in [0.717, 1.165) is 40.7 Å². The van der Waals surface area contributed by atoms with Crippen molar-refractivity contribution in [1.82, 2.24) is 34.8 Å². The van der Waals surface area contributed by atoms with Crippen molar-refractivity contribution >= 4 is 5.91 Å². The first-order valence-corrected chi connectivity index (χ1v) is 11.0. The Bertz CT molecular complexity index is 1240. The van der Waals surface area contributed by atoms with Gasteiger partial charge >= 0.3 is 0 Å². The van der Waals surface area contributed by atoms with Crippen LogP contribution >= 0.6 is 0 Å². The molecule has 33 heavy (non-hydrogen) atoms. The summed E-state index contributed by atoms with van der Waals surface area (Å²) in [5.74, 6) is 0.601. The number of aromatic nitrogens is 6. The largest absolute Gasteiger partial charge is 0.381 e. The van der Waals surface area contributed by atoms with Crippen LogP contribution in [0.2, 0.25) is 0 Å². The molecule has 1 saturated heterocycles. The van der Waals surface area contributed by atoms with Gasteiger partial charge in [-0.05, 0) is 24.5 Å². The van der Waals surface area contributed by atoms with Crippen LogP contribution in [-0.2, 0) is 23.1 Å². The van der Waals surface area contributed by atoms with Crippen LogP contribution in [0.3, 0.4) is 0 Å². The molecule has 1 aliphatic rings. The second-order valence-electron chi connectivity index (χ2n) is 8.16. The van der Waals surface area contributed by atoms with Gasteiger partial charge in [0.1, 0.15) is 6.54 Å². The monoisotopic (exact) mass is 443 g/mol. The van der Waals surface area contributed by atoms with E-state index >= 15 is 0 Å². The highest BCUT2D eigenvalue weighted by molar-refractivity contribution is 5.76. The summed E-state index contributed by atoms with van der Waals surface area (Å²) in [4.78, 5) is 21.4. The summed E-state index contributed by atoms with van der Waals surface area (Å²) in [7, 11) is 1.90. The molecule has 4 aromatic rings. The Morgan fingerprint density at radius 1 is 0.970 bits per heavy atom. The average molecular weight is 444 g/mol. The third-order valence-electron chi connectivity index (χ3n) is 5.67. The lowest BCUT2D eigenvalue weighted by Gasteiger charge is -2.23. The average Bonchev–Trinajstić information content (AvgIpc) is 3.49. The molecule has 4 heterocycles. The third kappa shape index (κ3) is 4.98. The Labute approximate surface area is 191 Å². The predicted octanol–water partition coefficient (Wildman–Crippen LogP) is 2.70. The number of nitrogens with zero attached hydrogens (tertiary/aromatic N) is 6. The van der Waals surface area contributed by atoms with Crippen LogP contribution in [0.25, 0.3) is 33.6 Å². The van der Waals surface area contributed by atoms with Crippen molar-refractivity contribution in [2.45, 2.75) is 25.4 Å². The van der Waals surface area contributed by atoms with E-state index in [2.05, 4.69) is 31.5 Å². The Kier molecular flexibility index (Phi) is 5.95. The highest BCUT2D eigenvalue weighted by Gasteiger charge is 2.16. The maximum absolute atomic E-state index is 12.3. The summed E-state index contributed by atoms with van der Waals surface area (Å²) in [6.07, 6.45) is 12.6. The summed E-state index contributed by atoms with van der Waals surface area (Å²) in [5.41, 5.74) is 4.75. The molecule has 0 bridgehead atoms. The quantitative estimate of drug-likeness (QED) is 0.492. The number of carbonyl (C=O) groups excluding carboxylic acids is 1. The minimum absolute atomic E-state index is 0.0448. The number of aryl methyl sites for hydroxylation is 1. The molecule has 1 amide bonds. The maximum atomic E-state index is 12.3. The zero-order chi connectivity index (χ0) is 22.6. The van der Waals surface area contributed by atoms with Crippen LogP contribution in [-0.4, -0.2) is 54.7 Å². The molecule has 1 aromatic carbocycles. The number of ether oxygens (including phenoxy) is 1. The number of nitrogens with one attached hydrogen (secondary N) is 1. The summed E-state index contributed by atoms with van der Waals surface area (Å²) in [6, 6.07) is 8.26. The molecule has 9 nitrogen and oxygen atoms in total. The molecule has 0 aliphatic carbocycles. The van der Waals surface area contributed by atoms with Gasteiger partial charge in [-0.3, -0.25) is 14.2 Å². The van der Waals surface area contributed by atoms with E-state index in [1.807, 2.05) is 43.8 Å². The smallest absolute Gasteiger partial charge is 0.241 e. The summed E-state index contributed by atoms with van der Waals surface area (Å²) in [5, 5.41) is 11.6. The van der Waals surface area contributed by atoms with Crippen molar-refractivity contribution in [3.63, 3.8) is 0 Å². The fourth-order valence-corrected chi connectivity index (χ4v) is 3.90.